The van der Waals surface area contributed by atoms with Gasteiger partial charge in [0.2, 0.25) is 0 Å². The standard InChI is InChI=1S/C36H39N3O4/c1-3-31-4-6-32(7-5-31)8-9-33-12-16-36(17-13-33)39-20-24-42-28-26-40-22-18-38(19-23-41-27-29-43-25-21-39)30-34-10-14-35(37-2)15-11-34/h1,4-7,10-17H,18-30H2. The molecule has 7 heteroatoms. The Balaban J connectivity index is 1.26. The molecule has 1 saturated heterocycles. The number of terminal acetylenes is 1. The van der Waals surface area contributed by atoms with Crippen LogP contribution < -0.4 is 4.90 Å². The van der Waals surface area contributed by atoms with Crippen molar-refractivity contribution in [3.05, 3.63) is 106 Å². The lowest BCUT2D eigenvalue weighted by atomic mass is 10.1. The van der Waals surface area contributed by atoms with Crippen molar-refractivity contribution in [1.82, 2.24) is 4.90 Å². The third-order valence-corrected chi connectivity index (χ3v) is 6.97. The van der Waals surface area contributed by atoms with Crippen LogP contribution in [0.5, 0.6) is 0 Å². The number of rotatable bonds is 3. The summed E-state index contributed by atoms with van der Waals surface area (Å²) < 4.78 is 23.6. The molecule has 3 aromatic rings. The largest absolute Gasteiger partial charge is 0.378 e. The second-order valence-corrected chi connectivity index (χ2v) is 10.0. The van der Waals surface area contributed by atoms with E-state index in [1.165, 1.54) is 5.56 Å². The summed E-state index contributed by atoms with van der Waals surface area (Å²) in [6.45, 7) is 15.6. The minimum absolute atomic E-state index is 0.544. The van der Waals surface area contributed by atoms with Crippen LogP contribution in [0.2, 0.25) is 0 Å². The quantitative estimate of drug-likeness (QED) is 0.322. The number of hydrogen-bond acceptors (Lipinski definition) is 6. The number of anilines is 1. The van der Waals surface area contributed by atoms with Gasteiger partial charge in [-0.2, -0.15) is 0 Å². The molecule has 0 saturated carbocycles. The van der Waals surface area contributed by atoms with Crippen LogP contribution in [0.3, 0.4) is 0 Å². The smallest absolute Gasteiger partial charge is 0.187 e. The Morgan fingerprint density at radius 3 is 1.56 bits per heavy atom. The molecule has 1 aliphatic heterocycles. The normalized spacial score (nSPS) is 16.5. The van der Waals surface area contributed by atoms with Crippen molar-refractivity contribution in [3.8, 4) is 24.2 Å². The van der Waals surface area contributed by atoms with Gasteiger partial charge in [-0.05, 0) is 54.1 Å². The van der Waals surface area contributed by atoms with Crippen molar-refractivity contribution in [3.63, 3.8) is 0 Å². The molecule has 0 bridgehead atoms. The molecule has 0 amide bonds. The average Bonchev–Trinajstić information content (AvgIpc) is 3.05. The van der Waals surface area contributed by atoms with Crippen molar-refractivity contribution >= 4 is 11.4 Å². The van der Waals surface area contributed by atoms with Crippen LogP contribution in [0.4, 0.5) is 11.4 Å². The Morgan fingerprint density at radius 2 is 1.07 bits per heavy atom. The summed E-state index contributed by atoms with van der Waals surface area (Å²) in [4.78, 5) is 8.05. The Bertz CT molecular complexity index is 1360. The molecular formula is C36H39N3O4. The van der Waals surface area contributed by atoms with E-state index in [-0.39, 0.29) is 0 Å². The summed E-state index contributed by atoms with van der Waals surface area (Å²) in [5, 5.41) is 0. The van der Waals surface area contributed by atoms with E-state index < -0.39 is 0 Å². The zero-order valence-corrected chi connectivity index (χ0v) is 24.7. The predicted molar refractivity (Wildman–Crippen MR) is 170 cm³/mol. The molecule has 0 radical (unpaired) electrons. The van der Waals surface area contributed by atoms with Gasteiger partial charge in [-0.15, -0.1) is 6.42 Å². The second kappa shape index (κ2) is 18.4. The summed E-state index contributed by atoms with van der Waals surface area (Å²) in [6, 6.07) is 23.7. The van der Waals surface area contributed by atoms with E-state index in [0.717, 1.165) is 55.1 Å². The fourth-order valence-electron chi connectivity index (χ4n) is 4.50. The van der Waals surface area contributed by atoms with Gasteiger partial charge in [0, 0.05) is 55.1 Å². The van der Waals surface area contributed by atoms with E-state index >= 15 is 0 Å². The first-order chi connectivity index (χ1) is 21.2. The molecule has 3 aromatic carbocycles. The predicted octanol–water partition coefficient (Wildman–Crippen LogP) is 5.01. The summed E-state index contributed by atoms with van der Waals surface area (Å²) in [5.41, 5.74) is 5.65. The number of nitrogens with zero attached hydrogens (tertiary/aromatic N) is 3. The monoisotopic (exact) mass is 577 g/mol. The van der Waals surface area contributed by atoms with Crippen molar-refractivity contribution in [2.24, 2.45) is 0 Å². The first kappa shape index (κ1) is 31.8. The zero-order valence-electron chi connectivity index (χ0n) is 24.7. The summed E-state index contributed by atoms with van der Waals surface area (Å²) in [5.74, 6) is 9.05. The van der Waals surface area contributed by atoms with E-state index in [0.29, 0.717) is 58.5 Å². The van der Waals surface area contributed by atoms with Gasteiger partial charge in [0.15, 0.2) is 5.69 Å². The fraction of sp³-hybridized carbons (Fsp3) is 0.361. The first-order valence-electron chi connectivity index (χ1n) is 14.7. The molecule has 222 valence electrons. The Hall–Kier alpha value is -4.13. The molecule has 0 N–H and O–H groups in total. The Morgan fingerprint density at radius 1 is 0.605 bits per heavy atom. The second-order valence-electron chi connectivity index (χ2n) is 10.0. The van der Waals surface area contributed by atoms with Crippen LogP contribution in [-0.2, 0) is 25.5 Å². The Kier molecular flexibility index (Phi) is 13.6. The van der Waals surface area contributed by atoms with Crippen LogP contribution in [0, 0.1) is 30.8 Å². The number of ether oxygens (including phenoxy) is 4. The maximum absolute atomic E-state index is 7.14. The topological polar surface area (TPSA) is 47.8 Å². The molecule has 0 aliphatic carbocycles. The van der Waals surface area contributed by atoms with Gasteiger partial charge in [-0.25, -0.2) is 4.85 Å². The maximum atomic E-state index is 7.14. The van der Waals surface area contributed by atoms with Crippen LogP contribution in [-0.4, -0.2) is 83.9 Å². The molecule has 0 atom stereocenters. The van der Waals surface area contributed by atoms with Crippen molar-refractivity contribution < 1.29 is 18.9 Å². The molecule has 1 heterocycles. The fourth-order valence-corrected chi connectivity index (χ4v) is 4.50. The number of benzene rings is 3. The van der Waals surface area contributed by atoms with Gasteiger partial charge in [-0.3, -0.25) is 4.90 Å². The molecule has 1 aliphatic rings. The molecular weight excluding hydrogens is 538 g/mol. The van der Waals surface area contributed by atoms with E-state index in [1.807, 2.05) is 60.7 Å². The maximum Gasteiger partial charge on any atom is 0.187 e. The molecule has 0 spiro atoms. The molecule has 1 fully saturated rings. The minimum atomic E-state index is 0.544. The van der Waals surface area contributed by atoms with Crippen LogP contribution in [0.25, 0.3) is 4.85 Å². The van der Waals surface area contributed by atoms with Gasteiger partial charge in [0.05, 0.1) is 59.4 Å². The minimum Gasteiger partial charge on any atom is -0.378 e. The molecule has 7 nitrogen and oxygen atoms in total. The van der Waals surface area contributed by atoms with E-state index in [4.69, 9.17) is 31.9 Å². The average molecular weight is 578 g/mol. The van der Waals surface area contributed by atoms with Gasteiger partial charge in [-0.1, -0.05) is 42.0 Å². The lowest BCUT2D eigenvalue weighted by molar-refractivity contribution is 0.0211. The highest BCUT2D eigenvalue weighted by Crippen LogP contribution is 2.16. The third kappa shape index (κ3) is 11.6. The van der Waals surface area contributed by atoms with Crippen molar-refractivity contribution in [2.45, 2.75) is 6.54 Å². The van der Waals surface area contributed by atoms with Gasteiger partial charge in [0.1, 0.15) is 0 Å². The third-order valence-electron chi connectivity index (χ3n) is 6.97. The van der Waals surface area contributed by atoms with E-state index in [9.17, 15) is 0 Å². The summed E-state index contributed by atoms with van der Waals surface area (Å²) in [6.07, 6.45) is 5.43. The lowest BCUT2D eigenvalue weighted by Gasteiger charge is -2.25. The molecule has 4 rings (SSSR count). The van der Waals surface area contributed by atoms with Crippen LogP contribution in [0.15, 0.2) is 72.8 Å². The first-order valence-corrected chi connectivity index (χ1v) is 14.7. The van der Waals surface area contributed by atoms with E-state index in [2.05, 4.69) is 44.5 Å². The van der Waals surface area contributed by atoms with Crippen LogP contribution >= 0.6 is 0 Å². The molecule has 43 heavy (non-hydrogen) atoms. The Labute approximate surface area is 256 Å². The molecule has 0 aromatic heterocycles. The van der Waals surface area contributed by atoms with Crippen molar-refractivity contribution in [1.29, 1.82) is 0 Å². The number of hydrogen-bond donors (Lipinski definition) is 0. The lowest BCUT2D eigenvalue weighted by Crippen LogP contribution is -2.33. The van der Waals surface area contributed by atoms with Gasteiger partial charge < -0.3 is 23.8 Å². The van der Waals surface area contributed by atoms with Gasteiger partial charge in [0.25, 0.3) is 0 Å². The summed E-state index contributed by atoms with van der Waals surface area (Å²) >= 11 is 0. The van der Waals surface area contributed by atoms with E-state index in [1.54, 1.807) is 0 Å². The highest BCUT2D eigenvalue weighted by atomic mass is 16.5. The van der Waals surface area contributed by atoms with Crippen molar-refractivity contribution in [2.75, 3.05) is 83.9 Å². The SMILES string of the molecule is [C-]#[N+]c1ccc(CN2CCOCCOCCN(c3ccc(C#Cc4ccc(C#C)cc4)cc3)CCOCCOCC2)cc1. The zero-order chi connectivity index (χ0) is 30.0. The highest BCUT2D eigenvalue weighted by molar-refractivity contribution is 5.52. The molecule has 0 unspecified atom stereocenters. The van der Waals surface area contributed by atoms with Gasteiger partial charge >= 0.3 is 0 Å². The highest BCUT2D eigenvalue weighted by Gasteiger charge is 2.09. The summed E-state index contributed by atoms with van der Waals surface area (Å²) in [7, 11) is 0. The van der Waals surface area contributed by atoms with Crippen LogP contribution in [0.1, 0.15) is 22.3 Å².